The summed E-state index contributed by atoms with van der Waals surface area (Å²) >= 11 is 12.4. The second-order valence-corrected chi connectivity index (χ2v) is 7.26. The van der Waals surface area contributed by atoms with Crippen LogP contribution in [0.4, 0.5) is 0 Å². The van der Waals surface area contributed by atoms with E-state index in [0.717, 1.165) is 17.7 Å². The van der Waals surface area contributed by atoms with Gasteiger partial charge in [0.05, 0.1) is 10.0 Å². The first kappa shape index (κ1) is 21.1. The van der Waals surface area contributed by atoms with Crippen LogP contribution in [-0.2, 0) is 16.0 Å². The Kier molecular flexibility index (Phi) is 6.72. The number of fused-ring (bicyclic) bond motifs is 1. The number of hydrogen-bond donors (Lipinski definition) is 0. The molecule has 150 valence electrons. The van der Waals surface area contributed by atoms with Crippen LogP contribution >= 0.6 is 23.2 Å². The maximum absolute atomic E-state index is 12.2. The van der Waals surface area contributed by atoms with Gasteiger partial charge >= 0.3 is 5.97 Å². The zero-order chi connectivity index (χ0) is 21.0. The van der Waals surface area contributed by atoms with Gasteiger partial charge in [-0.3, -0.25) is 4.79 Å². The van der Waals surface area contributed by atoms with Crippen molar-refractivity contribution in [2.45, 2.75) is 20.3 Å². The second-order valence-electron chi connectivity index (χ2n) is 6.44. The van der Waals surface area contributed by atoms with E-state index in [-0.39, 0.29) is 23.2 Å². The molecule has 0 N–H and O–H groups in total. The lowest BCUT2D eigenvalue weighted by Crippen LogP contribution is -2.19. The van der Waals surface area contributed by atoms with Crippen molar-refractivity contribution in [2.75, 3.05) is 13.2 Å². The molecule has 0 aliphatic heterocycles. The van der Waals surface area contributed by atoms with Crippen LogP contribution in [0.15, 0.2) is 42.5 Å². The van der Waals surface area contributed by atoms with Gasteiger partial charge < -0.3 is 9.47 Å². The fraction of sp³-hybridized carbons (Fsp3) is 0.227. The first-order chi connectivity index (χ1) is 13.9. The van der Waals surface area contributed by atoms with E-state index in [2.05, 4.69) is 4.98 Å². The summed E-state index contributed by atoms with van der Waals surface area (Å²) in [6.45, 7) is 3.09. The maximum atomic E-state index is 12.2. The molecule has 0 atom stereocenters. The summed E-state index contributed by atoms with van der Waals surface area (Å²) in [7, 11) is 0. The Hall–Kier alpha value is -2.63. The minimum atomic E-state index is -0.685. The number of pyridine rings is 1. The SMILES string of the molecule is CCc1ccc(C(=O)COC(=O)COc2c(Cl)cc(Cl)c3ccc(C)nc23)cc1. The molecule has 29 heavy (non-hydrogen) atoms. The van der Waals surface area contributed by atoms with E-state index in [0.29, 0.717) is 21.5 Å². The predicted octanol–water partition coefficient (Wildman–Crippen LogP) is 5.22. The quantitative estimate of drug-likeness (QED) is 0.379. The Bertz CT molecular complexity index is 1060. The van der Waals surface area contributed by atoms with E-state index in [1.165, 1.54) is 6.07 Å². The summed E-state index contributed by atoms with van der Waals surface area (Å²) in [6.07, 6.45) is 0.886. The summed E-state index contributed by atoms with van der Waals surface area (Å²) in [4.78, 5) is 28.6. The number of aromatic nitrogens is 1. The molecular weight excluding hydrogens is 413 g/mol. The summed E-state index contributed by atoms with van der Waals surface area (Å²) < 4.78 is 10.6. The average Bonchev–Trinajstić information content (AvgIpc) is 2.71. The monoisotopic (exact) mass is 431 g/mol. The van der Waals surface area contributed by atoms with Crippen LogP contribution in [0.1, 0.15) is 28.5 Å². The van der Waals surface area contributed by atoms with Crippen LogP contribution in [0.25, 0.3) is 10.9 Å². The number of rotatable bonds is 7. The van der Waals surface area contributed by atoms with Gasteiger partial charge in [-0.15, -0.1) is 0 Å². The van der Waals surface area contributed by atoms with E-state index in [1.54, 1.807) is 12.1 Å². The number of nitrogens with zero attached hydrogens (tertiary/aromatic N) is 1. The lowest BCUT2D eigenvalue weighted by atomic mass is 10.1. The predicted molar refractivity (Wildman–Crippen MR) is 113 cm³/mol. The molecule has 3 rings (SSSR count). The summed E-state index contributed by atoms with van der Waals surface area (Å²) in [5, 5.41) is 1.34. The maximum Gasteiger partial charge on any atom is 0.344 e. The Labute approximate surface area is 178 Å². The molecule has 0 radical (unpaired) electrons. The van der Waals surface area contributed by atoms with Crippen molar-refractivity contribution < 1.29 is 19.1 Å². The molecule has 0 saturated heterocycles. The molecule has 1 heterocycles. The highest BCUT2D eigenvalue weighted by atomic mass is 35.5. The molecular formula is C22H19Cl2NO4. The number of hydrogen-bond acceptors (Lipinski definition) is 5. The van der Waals surface area contributed by atoms with Gasteiger partial charge in [0.15, 0.2) is 24.7 Å². The van der Waals surface area contributed by atoms with Crippen molar-refractivity contribution in [3.8, 4) is 5.75 Å². The summed E-state index contributed by atoms with van der Waals surface area (Å²) in [5.74, 6) is -0.725. The van der Waals surface area contributed by atoms with Crippen LogP contribution in [0.5, 0.6) is 5.75 Å². The van der Waals surface area contributed by atoms with E-state index < -0.39 is 12.6 Å². The van der Waals surface area contributed by atoms with Crippen molar-refractivity contribution in [1.29, 1.82) is 0 Å². The fourth-order valence-electron chi connectivity index (χ4n) is 2.76. The molecule has 0 aliphatic rings. The topological polar surface area (TPSA) is 65.5 Å². The molecule has 0 fully saturated rings. The minimum Gasteiger partial charge on any atom is -0.478 e. The number of aryl methyl sites for hydroxylation is 2. The molecule has 0 bridgehead atoms. The van der Waals surface area contributed by atoms with Gasteiger partial charge in [0.2, 0.25) is 0 Å². The van der Waals surface area contributed by atoms with Gasteiger partial charge in [0, 0.05) is 16.6 Å². The molecule has 5 nitrogen and oxygen atoms in total. The lowest BCUT2D eigenvalue weighted by molar-refractivity contribution is -0.144. The average molecular weight is 432 g/mol. The molecule has 7 heteroatoms. The number of halogens is 2. The van der Waals surface area contributed by atoms with Crippen molar-refractivity contribution in [3.63, 3.8) is 0 Å². The third-order valence-corrected chi connectivity index (χ3v) is 4.95. The molecule has 0 unspecified atom stereocenters. The van der Waals surface area contributed by atoms with E-state index in [4.69, 9.17) is 32.7 Å². The van der Waals surface area contributed by atoms with E-state index in [9.17, 15) is 9.59 Å². The standard InChI is InChI=1S/C22H19Cl2NO4/c1-3-14-5-7-15(8-6-14)19(26)11-28-20(27)12-29-22-18(24)10-17(23)16-9-4-13(2)25-21(16)22/h4-10H,3,11-12H2,1-2H3. The summed E-state index contributed by atoms with van der Waals surface area (Å²) in [6, 6.07) is 12.4. The van der Waals surface area contributed by atoms with Crippen molar-refractivity contribution >= 4 is 45.9 Å². The molecule has 3 aromatic rings. The van der Waals surface area contributed by atoms with Gasteiger partial charge in [-0.1, -0.05) is 54.4 Å². The third-order valence-electron chi connectivity index (χ3n) is 4.36. The van der Waals surface area contributed by atoms with Crippen LogP contribution in [0, 0.1) is 6.92 Å². The number of ketones is 1. The number of carbonyl (C=O) groups excluding carboxylic acids is 2. The molecule has 0 saturated carbocycles. The Morgan fingerprint density at radius 2 is 1.72 bits per heavy atom. The first-order valence-corrected chi connectivity index (χ1v) is 9.80. The van der Waals surface area contributed by atoms with Gasteiger partial charge in [0.25, 0.3) is 0 Å². The van der Waals surface area contributed by atoms with Crippen molar-refractivity contribution in [3.05, 3.63) is 69.3 Å². The molecule has 0 amide bonds. The van der Waals surface area contributed by atoms with E-state index >= 15 is 0 Å². The summed E-state index contributed by atoms with van der Waals surface area (Å²) in [5.41, 5.74) is 2.83. The highest BCUT2D eigenvalue weighted by Gasteiger charge is 2.16. The molecule has 0 spiro atoms. The van der Waals surface area contributed by atoms with Gasteiger partial charge in [-0.25, -0.2) is 9.78 Å². The Morgan fingerprint density at radius 3 is 2.41 bits per heavy atom. The van der Waals surface area contributed by atoms with Crippen LogP contribution in [0.2, 0.25) is 10.0 Å². The van der Waals surface area contributed by atoms with Crippen molar-refractivity contribution in [2.24, 2.45) is 0 Å². The highest BCUT2D eigenvalue weighted by Crippen LogP contribution is 2.37. The largest absolute Gasteiger partial charge is 0.478 e. The highest BCUT2D eigenvalue weighted by molar-refractivity contribution is 6.39. The second kappa shape index (κ2) is 9.25. The fourth-order valence-corrected chi connectivity index (χ4v) is 3.33. The first-order valence-electron chi connectivity index (χ1n) is 9.05. The van der Waals surface area contributed by atoms with Crippen LogP contribution in [-0.4, -0.2) is 30.0 Å². The smallest absolute Gasteiger partial charge is 0.344 e. The Balaban J connectivity index is 1.63. The minimum absolute atomic E-state index is 0.237. The zero-order valence-electron chi connectivity index (χ0n) is 16.0. The van der Waals surface area contributed by atoms with Crippen molar-refractivity contribution in [1.82, 2.24) is 4.98 Å². The van der Waals surface area contributed by atoms with Crippen LogP contribution < -0.4 is 4.74 Å². The van der Waals surface area contributed by atoms with E-state index in [1.807, 2.05) is 38.1 Å². The van der Waals surface area contributed by atoms with Gasteiger partial charge in [-0.2, -0.15) is 0 Å². The third kappa shape index (κ3) is 5.05. The van der Waals surface area contributed by atoms with Gasteiger partial charge in [-0.05, 0) is 37.1 Å². The van der Waals surface area contributed by atoms with Gasteiger partial charge in [0.1, 0.15) is 5.52 Å². The molecule has 2 aromatic carbocycles. The molecule has 0 aliphatic carbocycles. The zero-order valence-corrected chi connectivity index (χ0v) is 17.5. The lowest BCUT2D eigenvalue weighted by Gasteiger charge is -2.12. The molecule has 1 aromatic heterocycles. The van der Waals surface area contributed by atoms with Crippen LogP contribution in [0.3, 0.4) is 0 Å². The normalized spacial score (nSPS) is 10.8. The number of ether oxygens (including phenoxy) is 2. The number of Topliss-reactive ketones (excluding diaryl/α,β-unsaturated/α-hetero) is 1. The Morgan fingerprint density at radius 1 is 1.00 bits per heavy atom. The number of benzene rings is 2. The number of carbonyl (C=O) groups is 2. The number of esters is 1.